The topological polar surface area (TPSA) is 12.0 Å². The first kappa shape index (κ1) is 12.1. The van der Waals surface area contributed by atoms with Gasteiger partial charge in [-0.25, -0.2) is 0 Å². The minimum absolute atomic E-state index is 0.539. The van der Waals surface area contributed by atoms with Gasteiger partial charge in [-0.3, -0.25) is 0 Å². The average molecular weight is 237 g/mol. The van der Waals surface area contributed by atoms with Crippen LogP contribution in [0.1, 0.15) is 54.5 Å². The Kier molecular flexibility index (Phi) is 4.04. The summed E-state index contributed by atoms with van der Waals surface area (Å²) in [6.45, 7) is 4.60. The van der Waals surface area contributed by atoms with Gasteiger partial charge in [0.2, 0.25) is 0 Å². The van der Waals surface area contributed by atoms with Gasteiger partial charge in [-0.15, -0.1) is 11.3 Å². The second-order valence-electron chi connectivity index (χ2n) is 5.17. The van der Waals surface area contributed by atoms with Crippen molar-refractivity contribution in [1.29, 1.82) is 0 Å². The Balaban J connectivity index is 2.23. The van der Waals surface area contributed by atoms with Crippen molar-refractivity contribution in [2.75, 3.05) is 7.05 Å². The lowest BCUT2D eigenvalue weighted by atomic mass is 10.0. The summed E-state index contributed by atoms with van der Waals surface area (Å²) in [6, 6.07) is 3.00. The number of thiophene rings is 1. The summed E-state index contributed by atoms with van der Waals surface area (Å²) >= 11 is 2.05. The molecule has 0 aliphatic heterocycles. The predicted molar refractivity (Wildman–Crippen MR) is 72.2 cm³/mol. The lowest BCUT2D eigenvalue weighted by Crippen LogP contribution is -2.20. The molecule has 0 saturated heterocycles. The molecule has 1 aromatic heterocycles. The molecule has 0 saturated carbocycles. The summed E-state index contributed by atoms with van der Waals surface area (Å²) in [5.74, 6) is 0.673. The van der Waals surface area contributed by atoms with Gasteiger partial charge in [0.15, 0.2) is 0 Å². The van der Waals surface area contributed by atoms with Crippen LogP contribution in [0.2, 0.25) is 0 Å². The summed E-state index contributed by atoms with van der Waals surface area (Å²) in [4.78, 5) is 3.21. The van der Waals surface area contributed by atoms with Crippen molar-refractivity contribution in [2.24, 2.45) is 5.92 Å². The quantitative estimate of drug-likeness (QED) is 0.785. The van der Waals surface area contributed by atoms with Crippen LogP contribution in [0.4, 0.5) is 0 Å². The third-order valence-corrected chi connectivity index (χ3v) is 4.87. The third-order valence-electron chi connectivity index (χ3n) is 3.55. The van der Waals surface area contributed by atoms with Gasteiger partial charge in [0, 0.05) is 15.8 Å². The molecule has 2 rings (SSSR count). The molecule has 1 atom stereocenters. The number of hydrogen-bond acceptors (Lipinski definition) is 2. The number of fused-ring (bicyclic) bond motifs is 1. The van der Waals surface area contributed by atoms with Crippen LogP contribution in [-0.4, -0.2) is 7.05 Å². The van der Waals surface area contributed by atoms with Crippen LogP contribution in [0.5, 0.6) is 0 Å². The second-order valence-corrected chi connectivity index (χ2v) is 6.34. The molecule has 2 heteroatoms. The first-order valence-corrected chi connectivity index (χ1v) is 7.32. The Morgan fingerprint density at radius 2 is 1.94 bits per heavy atom. The summed E-state index contributed by atoms with van der Waals surface area (Å²) in [5, 5.41) is 3.45. The van der Waals surface area contributed by atoms with Crippen molar-refractivity contribution < 1.29 is 0 Å². The van der Waals surface area contributed by atoms with E-state index < -0.39 is 0 Å². The van der Waals surface area contributed by atoms with Crippen LogP contribution in [-0.2, 0) is 12.8 Å². The fourth-order valence-corrected chi connectivity index (χ4v) is 4.19. The van der Waals surface area contributed by atoms with Crippen molar-refractivity contribution >= 4 is 11.3 Å². The van der Waals surface area contributed by atoms with Crippen LogP contribution in [0.15, 0.2) is 6.07 Å². The van der Waals surface area contributed by atoms with Gasteiger partial charge in [-0.1, -0.05) is 20.3 Å². The van der Waals surface area contributed by atoms with Gasteiger partial charge in [0.25, 0.3) is 0 Å². The minimum Gasteiger partial charge on any atom is -0.312 e. The predicted octanol–water partition coefficient (Wildman–Crippen LogP) is 3.93. The van der Waals surface area contributed by atoms with E-state index in [1.807, 2.05) is 11.3 Å². The zero-order valence-electron chi connectivity index (χ0n) is 10.7. The molecular weight excluding hydrogens is 214 g/mol. The lowest BCUT2D eigenvalue weighted by Gasteiger charge is -2.18. The van der Waals surface area contributed by atoms with E-state index in [-0.39, 0.29) is 0 Å². The Labute approximate surface area is 103 Å². The van der Waals surface area contributed by atoms with Crippen LogP contribution in [0.25, 0.3) is 0 Å². The van der Waals surface area contributed by atoms with Crippen molar-refractivity contribution in [3.8, 4) is 0 Å². The highest BCUT2D eigenvalue weighted by Gasteiger charge is 2.19. The Hall–Kier alpha value is -0.340. The van der Waals surface area contributed by atoms with E-state index in [1.165, 1.54) is 32.1 Å². The summed E-state index contributed by atoms with van der Waals surface area (Å²) in [6.07, 6.45) is 6.80. The van der Waals surface area contributed by atoms with Crippen LogP contribution >= 0.6 is 11.3 Å². The van der Waals surface area contributed by atoms with E-state index in [0.717, 1.165) is 0 Å². The van der Waals surface area contributed by atoms with Gasteiger partial charge in [0.05, 0.1) is 0 Å². The largest absolute Gasteiger partial charge is 0.312 e. The Bertz CT molecular complexity index is 317. The SMILES string of the molecule is CNC(c1cc2c(s1)CCCCC2)C(C)C. The van der Waals surface area contributed by atoms with Gasteiger partial charge < -0.3 is 5.32 Å². The van der Waals surface area contributed by atoms with Crippen LogP contribution < -0.4 is 5.32 Å². The molecule has 0 aromatic carbocycles. The zero-order valence-corrected chi connectivity index (χ0v) is 11.5. The Morgan fingerprint density at radius 3 is 2.62 bits per heavy atom. The maximum atomic E-state index is 3.45. The molecule has 1 unspecified atom stereocenters. The van der Waals surface area contributed by atoms with Gasteiger partial charge in [-0.2, -0.15) is 0 Å². The molecule has 0 fully saturated rings. The molecule has 90 valence electrons. The van der Waals surface area contributed by atoms with E-state index in [9.17, 15) is 0 Å². The van der Waals surface area contributed by atoms with Gasteiger partial charge >= 0.3 is 0 Å². The molecule has 1 aliphatic rings. The molecule has 1 nitrogen and oxygen atoms in total. The van der Waals surface area contributed by atoms with E-state index >= 15 is 0 Å². The molecule has 1 heterocycles. The summed E-state index contributed by atoms with van der Waals surface area (Å²) in [5.41, 5.74) is 1.64. The van der Waals surface area contributed by atoms with Gasteiger partial charge in [0.1, 0.15) is 0 Å². The highest BCUT2D eigenvalue weighted by Crippen LogP contribution is 2.34. The highest BCUT2D eigenvalue weighted by molar-refractivity contribution is 7.12. The molecule has 1 aliphatic carbocycles. The van der Waals surface area contributed by atoms with Crippen LogP contribution in [0.3, 0.4) is 0 Å². The minimum atomic E-state index is 0.539. The zero-order chi connectivity index (χ0) is 11.5. The molecule has 1 aromatic rings. The standard InChI is InChI=1S/C14H23NS/c1-10(2)14(15-3)13-9-11-7-5-4-6-8-12(11)16-13/h9-10,14-15H,4-8H2,1-3H3. The van der Waals surface area contributed by atoms with E-state index in [2.05, 4.69) is 32.3 Å². The molecule has 1 N–H and O–H groups in total. The van der Waals surface area contributed by atoms with Crippen molar-refractivity contribution in [3.63, 3.8) is 0 Å². The number of rotatable bonds is 3. The second kappa shape index (κ2) is 5.33. The first-order chi connectivity index (χ1) is 7.72. The maximum absolute atomic E-state index is 3.45. The smallest absolute Gasteiger partial charge is 0.0435 e. The molecule has 0 spiro atoms. The Morgan fingerprint density at radius 1 is 1.19 bits per heavy atom. The molecule has 16 heavy (non-hydrogen) atoms. The number of hydrogen-bond donors (Lipinski definition) is 1. The molecule has 0 radical (unpaired) electrons. The fraction of sp³-hybridized carbons (Fsp3) is 0.714. The van der Waals surface area contributed by atoms with Crippen molar-refractivity contribution in [2.45, 2.75) is 52.0 Å². The number of aryl methyl sites for hydroxylation is 2. The summed E-state index contributed by atoms with van der Waals surface area (Å²) < 4.78 is 0. The first-order valence-electron chi connectivity index (χ1n) is 6.51. The normalized spacial score (nSPS) is 18.2. The number of nitrogens with one attached hydrogen (secondary N) is 1. The molecular formula is C14H23NS. The fourth-order valence-electron chi connectivity index (χ4n) is 2.65. The van der Waals surface area contributed by atoms with E-state index in [0.29, 0.717) is 12.0 Å². The third kappa shape index (κ3) is 2.49. The van der Waals surface area contributed by atoms with E-state index in [4.69, 9.17) is 0 Å². The van der Waals surface area contributed by atoms with E-state index in [1.54, 1.807) is 15.3 Å². The monoisotopic (exact) mass is 237 g/mol. The van der Waals surface area contributed by atoms with Gasteiger partial charge in [-0.05, 0) is 50.3 Å². The van der Waals surface area contributed by atoms with Crippen molar-refractivity contribution in [3.05, 3.63) is 21.4 Å². The van der Waals surface area contributed by atoms with Crippen LogP contribution in [0, 0.1) is 5.92 Å². The molecule has 0 amide bonds. The maximum Gasteiger partial charge on any atom is 0.0435 e. The summed E-state index contributed by atoms with van der Waals surface area (Å²) in [7, 11) is 2.08. The highest BCUT2D eigenvalue weighted by atomic mass is 32.1. The molecule has 0 bridgehead atoms. The lowest BCUT2D eigenvalue weighted by molar-refractivity contribution is 0.449. The average Bonchev–Trinajstić information content (AvgIpc) is 2.50. The van der Waals surface area contributed by atoms with Crippen molar-refractivity contribution in [1.82, 2.24) is 5.32 Å².